The first-order valence-corrected chi connectivity index (χ1v) is 8.59. The van der Waals surface area contributed by atoms with Gasteiger partial charge in [-0.05, 0) is 19.1 Å². The normalized spacial score (nSPS) is 11.4. The van der Waals surface area contributed by atoms with E-state index in [-0.39, 0.29) is 23.7 Å². The molecule has 8 heteroatoms. The van der Waals surface area contributed by atoms with E-state index < -0.39 is 5.91 Å². The first kappa shape index (κ1) is 18.5. The first-order valence-electron chi connectivity index (χ1n) is 8.59. The Labute approximate surface area is 155 Å². The van der Waals surface area contributed by atoms with Gasteiger partial charge in [0, 0.05) is 30.8 Å². The molecule has 8 nitrogen and oxygen atoms in total. The Morgan fingerprint density at radius 1 is 1.19 bits per heavy atom. The van der Waals surface area contributed by atoms with Crippen molar-refractivity contribution < 1.29 is 14.6 Å². The number of benzene rings is 1. The van der Waals surface area contributed by atoms with Gasteiger partial charge in [-0.25, -0.2) is 0 Å². The molecule has 1 amide bonds. The van der Waals surface area contributed by atoms with Crippen LogP contribution in [0.25, 0.3) is 10.9 Å². The van der Waals surface area contributed by atoms with Crippen LogP contribution in [0.2, 0.25) is 0 Å². The van der Waals surface area contributed by atoms with Crippen molar-refractivity contribution in [3.63, 3.8) is 0 Å². The number of para-hydroxylation sites is 1. The maximum absolute atomic E-state index is 12.1. The molecule has 3 rings (SSSR count). The van der Waals surface area contributed by atoms with Crippen LogP contribution >= 0.6 is 0 Å². The summed E-state index contributed by atoms with van der Waals surface area (Å²) < 4.78 is 8.27. The third-order valence-electron chi connectivity index (χ3n) is 4.05. The number of aromatic hydroxyl groups is 1. The van der Waals surface area contributed by atoms with Crippen molar-refractivity contribution in [3.05, 3.63) is 59.0 Å². The Kier molecular flexibility index (Phi) is 5.77. The van der Waals surface area contributed by atoms with E-state index in [1.54, 1.807) is 22.8 Å². The molecule has 0 bridgehead atoms. The highest BCUT2D eigenvalue weighted by atomic mass is 16.5. The zero-order valence-electron chi connectivity index (χ0n) is 14.9. The minimum atomic E-state index is -0.589. The molecule has 3 aromatic rings. The molecule has 0 aliphatic heterocycles. The summed E-state index contributed by atoms with van der Waals surface area (Å²) in [5.41, 5.74) is 0.697. The second kappa shape index (κ2) is 8.41. The molecule has 0 spiro atoms. The topological polar surface area (TPSA) is 98.2 Å². The quantitative estimate of drug-likeness (QED) is 0.512. The lowest BCUT2D eigenvalue weighted by atomic mass is 10.2. The molecule has 1 N–H and O–H groups in total. The van der Waals surface area contributed by atoms with Crippen molar-refractivity contribution in [1.82, 2.24) is 9.13 Å². The SMILES string of the molecule is CCOCCn1c(O)c(N=NC(=O)Cn2ccccc2=O)c2ccccc21. The molecule has 1 aromatic carbocycles. The predicted octanol–water partition coefficient (Wildman–Crippen LogP) is 2.86. The molecule has 0 aliphatic carbocycles. The summed E-state index contributed by atoms with van der Waals surface area (Å²) >= 11 is 0. The van der Waals surface area contributed by atoms with E-state index in [1.807, 2.05) is 25.1 Å². The van der Waals surface area contributed by atoms with Gasteiger partial charge in [0.15, 0.2) is 5.69 Å². The molecule has 0 aliphatic rings. The zero-order valence-corrected chi connectivity index (χ0v) is 14.9. The number of rotatable bonds is 7. The average molecular weight is 368 g/mol. The number of aromatic nitrogens is 2. The lowest BCUT2D eigenvalue weighted by Gasteiger charge is -2.06. The summed E-state index contributed by atoms with van der Waals surface area (Å²) in [6.45, 7) is 3.15. The summed E-state index contributed by atoms with van der Waals surface area (Å²) in [4.78, 5) is 23.7. The van der Waals surface area contributed by atoms with Crippen molar-refractivity contribution in [2.75, 3.05) is 13.2 Å². The van der Waals surface area contributed by atoms with E-state index >= 15 is 0 Å². The maximum atomic E-state index is 12.1. The number of carbonyl (C=O) groups is 1. The van der Waals surface area contributed by atoms with Crippen LogP contribution in [0, 0.1) is 0 Å². The molecule has 0 saturated carbocycles. The van der Waals surface area contributed by atoms with Crippen LogP contribution in [0.3, 0.4) is 0 Å². The largest absolute Gasteiger partial charge is 0.493 e. The Morgan fingerprint density at radius 2 is 1.96 bits per heavy atom. The summed E-state index contributed by atoms with van der Waals surface area (Å²) in [6, 6.07) is 11.9. The first-order chi connectivity index (χ1) is 13.1. The fraction of sp³-hybridized carbons (Fsp3) is 0.263. The van der Waals surface area contributed by atoms with Crippen LogP contribution in [0.4, 0.5) is 5.69 Å². The number of carbonyl (C=O) groups excluding carboxylic acids is 1. The Bertz CT molecular complexity index is 1040. The smallest absolute Gasteiger partial charge is 0.284 e. The van der Waals surface area contributed by atoms with Crippen LogP contribution in [-0.4, -0.2) is 33.4 Å². The Morgan fingerprint density at radius 3 is 2.74 bits per heavy atom. The third kappa shape index (κ3) is 4.12. The van der Waals surface area contributed by atoms with Gasteiger partial charge in [-0.1, -0.05) is 24.3 Å². The zero-order chi connectivity index (χ0) is 19.2. The lowest BCUT2D eigenvalue weighted by Crippen LogP contribution is -2.21. The molecule has 140 valence electrons. The summed E-state index contributed by atoms with van der Waals surface area (Å²) in [5, 5.41) is 18.9. The van der Waals surface area contributed by atoms with Gasteiger partial charge in [-0.3, -0.25) is 9.59 Å². The minimum Gasteiger partial charge on any atom is -0.493 e. The van der Waals surface area contributed by atoms with Gasteiger partial charge in [-0.15, -0.1) is 10.2 Å². The molecule has 0 radical (unpaired) electrons. The van der Waals surface area contributed by atoms with Crippen molar-refractivity contribution in [3.8, 4) is 5.88 Å². The average Bonchev–Trinajstić information content (AvgIpc) is 2.94. The van der Waals surface area contributed by atoms with Gasteiger partial charge in [-0.2, -0.15) is 0 Å². The molecular formula is C19H20N4O4. The minimum absolute atomic E-state index is 0.0793. The molecule has 27 heavy (non-hydrogen) atoms. The number of hydrogen-bond acceptors (Lipinski definition) is 5. The van der Waals surface area contributed by atoms with Crippen molar-refractivity contribution in [2.24, 2.45) is 10.2 Å². The van der Waals surface area contributed by atoms with Crippen LogP contribution in [-0.2, 0) is 22.6 Å². The number of fused-ring (bicyclic) bond motifs is 1. The summed E-state index contributed by atoms with van der Waals surface area (Å²) in [5.74, 6) is -0.668. The number of hydrogen-bond donors (Lipinski definition) is 1. The van der Waals surface area contributed by atoms with E-state index in [1.165, 1.54) is 16.8 Å². The maximum Gasteiger partial charge on any atom is 0.284 e. The van der Waals surface area contributed by atoms with E-state index in [4.69, 9.17) is 4.74 Å². The Hall–Kier alpha value is -3.26. The molecule has 0 fully saturated rings. The highest BCUT2D eigenvalue weighted by molar-refractivity contribution is 5.95. The number of azo groups is 1. The molecular weight excluding hydrogens is 348 g/mol. The van der Waals surface area contributed by atoms with Crippen molar-refractivity contribution >= 4 is 22.5 Å². The van der Waals surface area contributed by atoms with Gasteiger partial charge in [0.05, 0.1) is 12.1 Å². The highest BCUT2D eigenvalue weighted by Crippen LogP contribution is 2.38. The molecule has 0 unspecified atom stereocenters. The van der Waals surface area contributed by atoms with Gasteiger partial charge in [0.2, 0.25) is 5.88 Å². The van der Waals surface area contributed by atoms with Crippen LogP contribution < -0.4 is 5.56 Å². The van der Waals surface area contributed by atoms with E-state index in [0.29, 0.717) is 25.1 Å². The molecule has 2 aromatic heterocycles. The van der Waals surface area contributed by atoms with Gasteiger partial charge < -0.3 is 19.0 Å². The van der Waals surface area contributed by atoms with Crippen molar-refractivity contribution in [2.45, 2.75) is 20.0 Å². The summed E-state index contributed by atoms with van der Waals surface area (Å²) in [6.07, 6.45) is 1.51. The van der Waals surface area contributed by atoms with Crippen LogP contribution in [0.15, 0.2) is 63.7 Å². The van der Waals surface area contributed by atoms with Gasteiger partial charge in [0.25, 0.3) is 11.5 Å². The number of pyridine rings is 1. The fourth-order valence-corrected chi connectivity index (χ4v) is 2.77. The second-order valence-corrected chi connectivity index (χ2v) is 5.80. The Balaban J connectivity index is 1.86. The standard InChI is InChI=1S/C19H20N4O4/c1-2-27-12-11-23-15-8-4-3-7-14(15)18(19(23)26)21-20-16(24)13-22-10-6-5-9-17(22)25/h3-10,26H,2,11-13H2,1H3. The number of amides is 1. The van der Waals surface area contributed by atoms with Gasteiger partial charge in [0.1, 0.15) is 6.54 Å². The number of ether oxygens (including phenoxy) is 1. The second-order valence-electron chi connectivity index (χ2n) is 5.80. The monoisotopic (exact) mass is 368 g/mol. The lowest BCUT2D eigenvalue weighted by molar-refractivity contribution is -0.118. The molecule has 2 heterocycles. The van der Waals surface area contributed by atoms with E-state index in [2.05, 4.69) is 10.2 Å². The van der Waals surface area contributed by atoms with Crippen LogP contribution in [0.5, 0.6) is 5.88 Å². The molecule has 0 atom stereocenters. The van der Waals surface area contributed by atoms with E-state index in [9.17, 15) is 14.7 Å². The highest BCUT2D eigenvalue weighted by Gasteiger charge is 2.16. The summed E-state index contributed by atoms with van der Waals surface area (Å²) in [7, 11) is 0. The predicted molar refractivity (Wildman–Crippen MR) is 100 cm³/mol. The van der Waals surface area contributed by atoms with Crippen molar-refractivity contribution in [1.29, 1.82) is 0 Å². The van der Waals surface area contributed by atoms with E-state index in [0.717, 1.165) is 5.52 Å². The fourth-order valence-electron chi connectivity index (χ4n) is 2.77. The third-order valence-corrected chi connectivity index (χ3v) is 4.05. The van der Waals surface area contributed by atoms with Crippen LogP contribution in [0.1, 0.15) is 6.92 Å². The van der Waals surface area contributed by atoms with Gasteiger partial charge >= 0.3 is 0 Å². The molecule has 0 saturated heterocycles. The number of nitrogens with zero attached hydrogens (tertiary/aromatic N) is 4.